The molecule has 0 radical (unpaired) electrons. The van der Waals surface area contributed by atoms with Gasteiger partial charge in [0.25, 0.3) is 5.91 Å². The fourth-order valence-corrected chi connectivity index (χ4v) is 3.77. The van der Waals surface area contributed by atoms with Crippen LogP contribution in [0.15, 0.2) is 48.5 Å². The summed E-state index contributed by atoms with van der Waals surface area (Å²) in [5, 5.41) is 12.2. The Balaban J connectivity index is 1.79. The molecule has 172 valence electrons. The van der Waals surface area contributed by atoms with E-state index in [-0.39, 0.29) is 22.7 Å². The second kappa shape index (κ2) is 10.8. The maximum atomic E-state index is 12.6. The van der Waals surface area contributed by atoms with Gasteiger partial charge < -0.3 is 20.7 Å². The van der Waals surface area contributed by atoms with Crippen LogP contribution in [0.1, 0.15) is 57.6 Å². The van der Waals surface area contributed by atoms with Crippen LogP contribution in [0.4, 0.5) is 5.69 Å². The Bertz CT molecular complexity index is 1170. The average Bonchev–Trinajstić information content (AvgIpc) is 3.07. The average molecular weight is 469 g/mol. The predicted octanol–water partition coefficient (Wildman–Crippen LogP) is 3.91. The fourth-order valence-electron chi connectivity index (χ4n) is 3.50. The van der Waals surface area contributed by atoms with Crippen molar-refractivity contribution in [3.8, 4) is 0 Å². The van der Waals surface area contributed by atoms with Crippen LogP contribution in [0.5, 0.6) is 0 Å². The second-order valence-corrected chi connectivity index (χ2v) is 7.94. The molecule has 0 unspecified atom stereocenters. The number of hydrogen-bond acceptors (Lipinski definition) is 4. The summed E-state index contributed by atoms with van der Waals surface area (Å²) in [5.41, 5.74) is 7.60. The first-order valence-corrected chi connectivity index (χ1v) is 10.9. The molecule has 3 rings (SSSR count). The molecule has 0 aliphatic rings. The minimum atomic E-state index is -0.977. The third-order valence-electron chi connectivity index (χ3n) is 5.16. The molecule has 1 heterocycles. The first-order valence-electron chi connectivity index (χ1n) is 10.5. The van der Waals surface area contributed by atoms with Gasteiger partial charge in [-0.05, 0) is 36.2 Å². The van der Waals surface area contributed by atoms with E-state index >= 15 is 0 Å². The molecule has 1 aromatic heterocycles. The summed E-state index contributed by atoms with van der Waals surface area (Å²) in [5.74, 6) is -1.34. The summed E-state index contributed by atoms with van der Waals surface area (Å²) in [7, 11) is 0. The number of halogens is 1. The lowest BCUT2D eigenvalue weighted by Gasteiger charge is -2.13. The van der Waals surface area contributed by atoms with Crippen LogP contribution in [0, 0.1) is 0 Å². The Labute approximate surface area is 196 Å². The minimum Gasteiger partial charge on any atom is -0.481 e. The van der Waals surface area contributed by atoms with Crippen molar-refractivity contribution < 1.29 is 19.5 Å². The van der Waals surface area contributed by atoms with Gasteiger partial charge in [0.05, 0.1) is 23.2 Å². The van der Waals surface area contributed by atoms with E-state index in [1.807, 2.05) is 16.7 Å². The normalized spacial score (nSPS) is 10.7. The zero-order valence-electron chi connectivity index (χ0n) is 18.2. The smallest absolute Gasteiger partial charge is 0.309 e. The molecule has 4 N–H and O–H groups in total. The van der Waals surface area contributed by atoms with E-state index in [1.165, 1.54) is 12.1 Å². The first-order chi connectivity index (χ1) is 15.8. The number of nitrogens with one attached hydrogen (secondary N) is 1. The number of aryl methyl sites for hydroxylation is 1. The van der Waals surface area contributed by atoms with Crippen molar-refractivity contribution in [1.29, 1.82) is 0 Å². The number of carbonyl (C=O) groups is 3. The third-order valence-corrected chi connectivity index (χ3v) is 5.47. The highest BCUT2D eigenvalue weighted by Crippen LogP contribution is 2.22. The number of carboxylic acid groups (broad SMARTS) is 1. The molecule has 2 aromatic carbocycles. The maximum Gasteiger partial charge on any atom is 0.309 e. The van der Waals surface area contributed by atoms with Crippen LogP contribution in [0.2, 0.25) is 5.15 Å². The van der Waals surface area contributed by atoms with E-state index in [0.29, 0.717) is 24.3 Å². The molecule has 0 spiro atoms. The topological polar surface area (TPSA) is 127 Å². The zero-order valence-corrected chi connectivity index (χ0v) is 18.9. The van der Waals surface area contributed by atoms with Crippen molar-refractivity contribution in [3.05, 3.63) is 81.9 Å². The highest BCUT2D eigenvalue weighted by atomic mass is 35.5. The molecule has 33 heavy (non-hydrogen) atoms. The summed E-state index contributed by atoms with van der Waals surface area (Å²) in [4.78, 5) is 39.9. The number of unbranched alkanes of at least 4 members (excludes halogenated alkanes) is 1. The van der Waals surface area contributed by atoms with Crippen molar-refractivity contribution in [3.63, 3.8) is 0 Å². The minimum absolute atomic E-state index is 0.147. The van der Waals surface area contributed by atoms with E-state index in [1.54, 1.807) is 24.3 Å². The molecule has 0 saturated heterocycles. The molecule has 8 nitrogen and oxygen atoms in total. The number of primary amides is 1. The zero-order chi connectivity index (χ0) is 24.0. The lowest BCUT2D eigenvalue weighted by molar-refractivity contribution is -0.136. The maximum absolute atomic E-state index is 12.6. The lowest BCUT2D eigenvalue weighted by atomic mass is 10.1. The number of benzene rings is 2. The number of hydrogen-bond donors (Lipinski definition) is 3. The van der Waals surface area contributed by atoms with Crippen LogP contribution in [0.3, 0.4) is 0 Å². The predicted molar refractivity (Wildman–Crippen MR) is 126 cm³/mol. The van der Waals surface area contributed by atoms with Crippen molar-refractivity contribution in [2.45, 2.75) is 39.2 Å². The Morgan fingerprint density at radius 1 is 1.09 bits per heavy atom. The van der Waals surface area contributed by atoms with E-state index in [2.05, 4.69) is 17.2 Å². The summed E-state index contributed by atoms with van der Waals surface area (Å²) in [6, 6.07) is 13.5. The number of aromatic nitrogens is 2. The standard InChI is InChI=1S/C24H25ClN4O4/c1-2-3-8-20-28-22(25)19(13-21(30)31)29(20)14-15-9-11-16(12-10-15)27-24(33)18-7-5-4-6-17(18)23(26)32/h4-7,9-12H,2-3,8,13-14H2,1H3,(H2,26,32)(H,27,33)(H,30,31). The fraction of sp³-hybridized carbons (Fsp3) is 0.250. The van der Waals surface area contributed by atoms with Crippen LogP contribution in [-0.2, 0) is 24.2 Å². The lowest BCUT2D eigenvalue weighted by Crippen LogP contribution is -2.20. The number of carboxylic acids is 1. The van der Waals surface area contributed by atoms with Gasteiger partial charge in [-0.2, -0.15) is 0 Å². The van der Waals surface area contributed by atoms with Gasteiger partial charge in [-0.3, -0.25) is 14.4 Å². The SMILES string of the molecule is CCCCc1nc(Cl)c(CC(=O)O)n1Cc1ccc(NC(=O)c2ccccc2C(N)=O)cc1. The summed E-state index contributed by atoms with van der Waals surface area (Å²) in [6.07, 6.45) is 2.37. The second-order valence-electron chi connectivity index (χ2n) is 7.59. The molecule has 0 atom stereocenters. The van der Waals surface area contributed by atoms with E-state index in [0.717, 1.165) is 24.2 Å². The molecule has 0 saturated carbocycles. The highest BCUT2D eigenvalue weighted by molar-refractivity contribution is 6.30. The number of aliphatic carboxylic acids is 1. The van der Waals surface area contributed by atoms with Crippen LogP contribution in [-0.4, -0.2) is 32.4 Å². The molecule has 0 aliphatic heterocycles. The van der Waals surface area contributed by atoms with Gasteiger partial charge in [0, 0.05) is 18.7 Å². The molecule has 0 bridgehead atoms. The molecule has 3 aromatic rings. The monoisotopic (exact) mass is 468 g/mol. The first kappa shape index (κ1) is 24.0. The van der Waals surface area contributed by atoms with Crippen molar-refractivity contribution >= 4 is 35.1 Å². The van der Waals surface area contributed by atoms with Crippen molar-refractivity contribution in [2.75, 3.05) is 5.32 Å². The van der Waals surface area contributed by atoms with Gasteiger partial charge in [0.15, 0.2) is 5.15 Å². The van der Waals surface area contributed by atoms with Crippen LogP contribution < -0.4 is 11.1 Å². The Hall–Kier alpha value is -3.65. The summed E-state index contributed by atoms with van der Waals surface area (Å²) >= 11 is 6.24. The van der Waals surface area contributed by atoms with E-state index in [4.69, 9.17) is 17.3 Å². The van der Waals surface area contributed by atoms with Gasteiger partial charge in [-0.15, -0.1) is 0 Å². The molecule has 2 amide bonds. The molecule has 0 fully saturated rings. The Morgan fingerprint density at radius 2 is 1.76 bits per heavy atom. The Morgan fingerprint density at radius 3 is 2.36 bits per heavy atom. The Kier molecular flexibility index (Phi) is 7.84. The molecular formula is C24H25ClN4O4. The van der Waals surface area contributed by atoms with E-state index < -0.39 is 17.8 Å². The third kappa shape index (κ3) is 5.98. The molecule has 9 heteroatoms. The number of carbonyl (C=O) groups excluding carboxylic acids is 2. The van der Waals surface area contributed by atoms with Crippen LogP contribution >= 0.6 is 11.6 Å². The van der Waals surface area contributed by atoms with Crippen molar-refractivity contribution in [1.82, 2.24) is 9.55 Å². The van der Waals surface area contributed by atoms with Gasteiger partial charge in [-0.25, -0.2) is 4.98 Å². The quantitative estimate of drug-likeness (QED) is 0.415. The highest BCUT2D eigenvalue weighted by Gasteiger charge is 2.19. The van der Waals surface area contributed by atoms with Gasteiger partial charge >= 0.3 is 5.97 Å². The van der Waals surface area contributed by atoms with Gasteiger partial charge in [-0.1, -0.05) is 49.2 Å². The number of amides is 2. The summed E-state index contributed by atoms with van der Waals surface area (Å²) in [6.45, 7) is 2.47. The van der Waals surface area contributed by atoms with Gasteiger partial charge in [0.2, 0.25) is 5.91 Å². The van der Waals surface area contributed by atoms with Crippen LogP contribution in [0.25, 0.3) is 0 Å². The number of anilines is 1. The van der Waals surface area contributed by atoms with Gasteiger partial charge in [0.1, 0.15) is 5.82 Å². The number of nitrogens with zero attached hydrogens (tertiary/aromatic N) is 2. The number of imidazole rings is 1. The molecular weight excluding hydrogens is 444 g/mol. The summed E-state index contributed by atoms with van der Waals surface area (Å²) < 4.78 is 1.85. The number of nitrogens with two attached hydrogens (primary N) is 1. The van der Waals surface area contributed by atoms with E-state index in [9.17, 15) is 19.5 Å². The molecule has 0 aliphatic carbocycles. The van der Waals surface area contributed by atoms with Crippen molar-refractivity contribution in [2.24, 2.45) is 5.73 Å². The number of rotatable bonds is 10. The largest absolute Gasteiger partial charge is 0.481 e.